The van der Waals surface area contributed by atoms with Gasteiger partial charge in [0.05, 0.1) is 25.4 Å². The van der Waals surface area contributed by atoms with E-state index in [0.717, 1.165) is 44.9 Å². The van der Waals surface area contributed by atoms with E-state index in [-0.39, 0.29) is 18.5 Å². The number of amides is 1. The van der Waals surface area contributed by atoms with E-state index in [0.29, 0.717) is 19.4 Å². The van der Waals surface area contributed by atoms with E-state index in [4.69, 9.17) is 4.74 Å². The van der Waals surface area contributed by atoms with E-state index in [1.165, 1.54) is 372 Å². The number of nitrogens with one attached hydrogen (secondary N) is 1. The lowest BCUT2D eigenvalue weighted by Gasteiger charge is -2.20. The average Bonchev–Trinajstić information content (AvgIpc) is 3.56. The number of unbranched alkanes of at least 4 members (excludes halogenated alkanes) is 60. The molecule has 0 bridgehead atoms. The Kier molecular flexibility index (Phi) is 74.8. The molecule has 1 amide bonds. The van der Waals surface area contributed by atoms with Crippen LogP contribution in [0.1, 0.15) is 444 Å². The van der Waals surface area contributed by atoms with Crippen molar-refractivity contribution < 1.29 is 24.5 Å². The molecule has 6 heteroatoms. The maximum Gasteiger partial charge on any atom is 0.305 e. The smallest absolute Gasteiger partial charge is 0.305 e. The van der Waals surface area contributed by atoms with E-state index in [1.807, 2.05) is 6.08 Å². The summed E-state index contributed by atoms with van der Waals surface area (Å²) in [6.07, 6.45) is 99.9. The fourth-order valence-corrected chi connectivity index (χ4v) is 12.6. The Morgan fingerprint density at radius 2 is 0.540 bits per heavy atom. The van der Waals surface area contributed by atoms with Crippen molar-refractivity contribution in [2.45, 2.75) is 456 Å². The highest BCUT2D eigenvalue weighted by atomic mass is 16.5. The topological polar surface area (TPSA) is 95.9 Å². The van der Waals surface area contributed by atoms with Gasteiger partial charge in [0.15, 0.2) is 0 Å². The van der Waals surface area contributed by atoms with Crippen LogP contribution in [-0.4, -0.2) is 47.4 Å². The summed E-state index contributed by atoms with van der Waals surface area (Å²) in [5, 5.41) is 23.2. The van der Waals surface area contributed by atoms with Gasteiger partial charge in [-0.3, -0.25) is 9.59 Å². The third-order valence-electron chi connectivity index (χ3n) is 18.6. The predicted molar refractivity (Wildman–Crippen MR) is 384 cm³/mol. The number of esters is 1. The van der Waals surface area contributed by atoms with Gasteiger partial charge in [0, 0.05) is 12.8 Å². The molecule has 0 fully saturated rings. The molecule has 6 nitrogen and oxygen atoms in total. The van der Waals surface area contributed by atoms with Crippen LogP contribution >= 0.6 is 0 Å². The summed E-state index contributed by atoms with van der Waals surface area (Å²) in [4.78, 5) is 24.6. The minimum Gasteiger partial charge on any atom is -0.466 e. The van der Waals surface area contributed by atoms with Gasteiger partial charge in [-0.2, -0.15) is 0 Å². The molecule has 2 atom stereocenters. The monoisotopic (exact) mass is 1220 g/mol. The number of rotatable bonds is 75. The SMILES string of the molecule is CCCCCCCCC/C=C\CCCCCCCC(=O)OCCCCCCCCCCCCCCCCCCCC/C=C\CCCCCCCCCCCCCCCCCCCC(=O)NC(CO)C(O)/C=C/CCCCCCCCCCCCCCC. The zero-order valence-electron chi connectivity index (χ0n) is 59.0. The second kappa shape index (κ2) is 76.5. The highest BCUT2D eigenvalue weighted by molar-refractivity contribution is 5.76. The zero-order valence-corrected chi connectivity index (χ0v) is 59.0. The second-order valence-electron chi connectivity index (χ2n) is 27.4. The van der Waals surface area contributed by atoms with Crippen molar-refractivity contribution in [1.82, 2.24) is 5.32 Å². The first-order chi connectivity index (χ1) is 43.0. The molecular weight excluding hydrogens is 1070 g/mol. The first-order valence-corrected chi connectivity index (χ1v) is 39.8. The van der Waals surface area contributed by atoms with Crippen molar-refractivity contribution in [3.8, 4) is 0 Å². The van der Waals surface area contributed by atoms with Gasteiger partial charge in [-0.1, -0.05) is 384 Å². The molecule has 2 unspecified atom stereocenters. The summed E-state index contributed by atoms with van der Waals surface area (Å²) in [5.74, 6) is -0.0454. The number of allylic oxidation sites excluding steroid dienone is 5. The van der Waals surface area contributed by atoms with Gasteiger partial charge in [-0.15, -0.1) is 0 Å². The molecule has 0 heterocycles. The molecule has 0 saturated heterocycles. The van der Waals surface area contributed by atoms with Gasteiger partial charge >= 0.3 is 5.97 Å². The van der Waals surface area contributed by atoms with Crippen LogP contribution in [0.2, 0.25) is 0 Å². The Bertz CT molecular complexity index is 1410. The van der Waals surface area contributed by atoms with Crippen LogP contribution in [0.25, 0.3) is 0 Å². The first kappa shape index (κ1) is 85.1. The van der Waals surface area contributed by atoms with E-state index in [2.05, 4.69) is 43.5 Å². The molecule has 0 radical (unpaired) electrons. The van der Waals surface area contributed by atoms with Crippen LogP contribution in [0.15, 0.2) is 36.5 Å². The van der Waals surface area contributed by atoms with Crippen LogP contribution < -0.4 is 5.32 Å². The summed E-state index contributed by atoms with van der Waals surface area (Å²) in [6, 6.07) is -0.624. The third kappa shape index (κ3) is 73.0. The van der Waals surface area contributed by atoms with Crippen LogP contribution in [-0.2, 0) is 14.3 Å². The summed E-state index contributed by atoms with van der Waals surface area (Å²) in [6.45, 7) is 4.94. The van der Waals surface area contributed by atoms with Crippen molar-refractivity contribution in [2.75, 3.05) is 13.2 Å². The normalized spacial score (nSPS) is 12.6. The molecule has 3 N–H and O–H groups in total. The average molecular weight is 1220 g/mol. The largest absolute Gasteiger partial charge is 0.466 e. The van der Waals surface area contributed by atoms with Gasteiger partial charge in [-0.25, -0.2) is 0 Å². The Labute approximate surface area is 544 Å². The number of hydrogen-bond donors (Lipinski definition) is 3. The van der Waals surface area contributed by atoms with Crippen molar-refractivity contribution >= 4 is 11.9 Å². The maximum absolute atomic E-state index is 12.5. The Morgan fingerprint density at radius 3 is 0.816 bits per heavy atom. The van der Waals surface area contributed by atoms with Crippen molar-refractivity contribution in [3.63, 3.8) is 0 Å². The van der Waals surface area contributed by atoms with E-state index < -0.39 is 12.1 Å². The molecular formula is C81H155NO5. The molecule has 0 aliphatic carbocycles. The Balaban J connectivity index is 3.33. The number of ether oxygens (including phenoxy) is 1. The standard InChI is InChI=1S/C81H155NO5/c1-3-5-7-9-11-13-15-17-19-47-51-55-59-63-67-71-75-81(86)87-76-72-68-64-60-56-52-48-44-42-40-38-36-34-32-30-28-26-24-22-20-21-23-25-27-29-31-33-35-37-39-41-43-46-50-54-58-62-66-70-74-80(85)82-78(77-83)79(84)73-69-65-61-57-53-49-45-18-16-14-12-10-8-6-4-2/h19-21,47,69,73,78-79,83-84H,3-18,22-46,48-68,70-72,74-77H2,1-2H3,(H,82,85)/b21-20-,47-19-,73-69+. The Hall–Kier alpha value is -1.92. The van der Waals surface area contributed by atoms with Gasteiger partial charge in [0.1, 0.15) is 0 Å². The minimum absolute atomic E-state index is 0.0155. The lowest BCUT2D eigenvalue weighted by molar-refractivity contribution is -0.143. The van der Waals surface area contributed by atoms with Crippen LogP contribution in [0, 0.1) is 0 Å². The summed E-state index contributed by atoms with van der Waals surface area (Å²) < 4.78 is 5.50. The molecule has 0 rings (SSSR count). The quantitative estimate of drug-likeness (QED) is 0.0320. The molecule has 0 aliphatic heterocycles. The number of aliphatic hydroxyl groups excluding tert-OH is 2. The molecule has 0 aromatic carbocycles. The minimum atomic E-state index is -0.841. The molecule has 0 aromatic heterocycles. The van der Waals surface area contributed by atoms with Crippen molar-refractivity contribution in [1.29, 1.82) is 0 Å². The molecule has 0 spiro atoms. The van der Waals surface area contributed by atoms with E-state index in [9.17, 15) is 19.8 Å². The van der Waals surface area contributed by atoms with Crippen molar-refractivity contribution in [3.05, 3.63) is 36.5 Å². The first-order valence-electron chi connectivity index (χ1n) is 39.8. The van der Waals surface area contributed by atoms with Crippen LogP contribution in [0.4, 0.5) is 0 Å². The number of carbonyl (C=O) groups is 2. The van der Waals surface area contributed by atoms with Gasteiger partial charge < -0.3 is 20.3 Å². The zero-order chi connectivity index (χ0) is 62.8. The van der Waals surface area contributed by atoms with E-state index in [1.54, 1.807) is 6.08 Å². The molecule has 0 aromatic rings. The van der Waals surface area contributed by atoms with Gasteiger partial charge in [0.25, 0.3) is 0 Å². The maximum atomic E-state index is 12.5. The lowest BCUT2D eigenvalue weighted by Crippen LogP contribution is -2.45. The van der Waals surface area contributed by atoms with Crippen molar-refractivity contribution in [2.24, 2.45) is 0 Å². The van der Waals surface area contributed by atoms with Crippen LogP contribution in [0.5, 0.6) is 0 Å². The lowest BCUT2D eigenvalue weighted by atomic mass is 10.0. The van der Waals surface area contributed by atoms with E-state index >= 15 is 0 Å². The molecule has 0 aliphatic rings. The van der Waals surface area contributed by atoms with Gasteiger partial charge in [0.2, 0.25) is 5.91 Å². The fraction of sp³-hybridized carbons (Fsp3) is 0.901. The summed E-state index contributed by atoms with van der Waals surface area (Å²) in [7, 11) is 0. The fourth-order valence-electron chi connectivity index (χ4n) is 12.6. The molecule has 0 saturated carbocycles. The van der Waals surface area contributed by atoms with Crippen LogP contribution in [0.3, 0.4) is 0 Å². The number of aliphatic hydroxyl groups is 2. The molecule has 514 valence electrons. The van der Waals surface area contributed by atoms with Gasteiger partial charge in [-0.05, 0) is 83.5 Å². The Morgan fingerprint density at radius 1 is 0.310 bits per heavy atom. The highest BCUT2D eigenvalue weighted by Gasteiger charge is 2.18. The molecule has 87 heavy (non-hydrogen) atoms. The third-order valence-corrected chi connectivity index (χ3v) is 18.6. The number of carbonyl (C=O) groups excluding carboxylic acids is 2. The highest BCUT2D eigenvalue weighted by Crippen LogP contribution is 2.19. The predicted octanol–water partition coefficient (Wildman–Crippen LogP) is 26.2. The number of hydrogen-bond acceptors (Lipinski definition) is 5. The summed E-state index contributed by atoms with van der Waals surface area (Å²) >= 11 is 0. The second-order valence-corrected chi connectivity index (χ2v) is 27.4. The summed E-state index contributed by atoms with van der Waals surface area (Å²) in [5.41, 5.74) is 0.